The fourth-order valence-electron chi connectivity index (χ4n) is 1.95. The molecule has 0 aromatic heterocycles. The first-order valence-corrected chi connectivity index (χ1v) is 7.07. The summed E-state index contributed by atoms with van der Waals surface area (Å²) in [5.74, 6) is -0.0378. The van der Waals surface area contributed by atoms with Gasteiger partial charge in [0.25, 0.3) is 5.91 Å². The van der Waals surface area contributed by atoms with Crippen molar-refractivity contribution >= 4 is 5.91 Å². The molecule has 2 rings (SSSR count). The molecular weight excluding hydrogens is 285 g/mol. The highest BCUT2D eigenvalue weighted by molar-refractivity contribution is 5.81. The Balaban J connectivity index is 1.94. The van der Waals surface area contributed by atoms with Gasteiger partial charge in [-0.25, -0.2) is 4.39 Å². The van der Waals surface area contributed by atoms with Crippen molar-refractivity contribution in [2.24, 2.45) is 0 Å². The fraction of sp³-hybridized carbons (Fsp3) is 0.235. The van der Waals surface area contributed by atoms with Gasteiger partial charge in [0, 0.05) is 12.1 Å². The molecule has 0 bridgehead atoms. The van der Waals surface area contributed by atoms with Gasteiger partial charge in [-0.3, -0.25) is 4.79 Å². The van der Waals surface area contributed by atoms with Crippen molar-refractivity contribution in [2.45, 2.75) is 26.0 Å². The molecule has 1 unspecified atom stereocenters. The number of carbonyl (C=O) groups excluding carboxylic acids is 1. The zero-order valence-corrected chi connectivity index (χ0v) is 12.3. The van der Waals surface area contributed by atoms with Gasteiger partial charge in [0.1, 0.15) is 17.3 Å². The SMILES string of the molecule is CCC(Oc1ccc(O)cc1)C(=O)NCc1ccccc1F. The smallest absolute Gasteiger partial charge is 0.261 e. The average Bonchev–Trinajstić information content (AvgIpc) is 2.53. The van der Waals surface area contributed by atoms with Gasteiger partial charge in [-0.05, 0) is 36.8 Å². The first-order valence-electron chi connectivity index (χ1n) is 7.07. The van der Waals surface area contributed by atoms with Crippen LogP contribution in [0.15, 0.2) is 48.5 Å². The molecule has 116 valence electrons. The number of ether oxygens (including phenoxy) is 1. The number of hydrogen-bond acceptors (Lipinski definition) is 3. The quantitative estimate of drug-likeness (QED) is 0.862. The number of phenolic OH excluding ortho intramolecular Hbond substituents is 1. The summed E-state index contributed by atoms with van der Waals surface area (Å²) in [5, 5.41) is 11.9. The Morgan fingerprint density at radius 3 is 2.55 bits per heavy atom. The largest absolute Gasteiger partial charge is 0.508 e. The van der Waals surface area contributed by atoms with Gasteiger partial charge in [0.15, 0.2) is 6.10 Å². The fourth-order valence-corrected chi connectivity index (χ4v) is 1.95. The highest BCUT2D eigenvalue weighted by Gasteiger charge is 2.18. The Labute approximate surface area is 128 Å². The second-order valence-electron chi connectivity index (χ2n) is 4.82. The van der Waals surface area contributed by atoms with Gasteiger partial charge in [-0.1, -0.05) is 25.1 Å². The van der Waals surface area contributed by atoms with Crippen LogP contribution in [0.2, 0.25) is 0 Å². The lowest BCUT2D eigenvalue weighted by molar-refractivity contribution is -0.128. The second-order valence-corrected chi connectivity index (χ2v) is 4.82. The maximum atomic E-state index is 13.5. The van der Waals surface area contributed by atoms with E-state index in [2.05, 4.69) is 5.32 Å². The summed E-state index contributed by atoms with van der Waals surface area (Å²) in [4.78, 5) is 12.1. The molecule has 0 radical (unpaired) electrons. The van der Waals surface area contributed by atoms with Crippen LogP contribution < -0.4 is 10.1 Å². The molecule has 0 spiro atoms. The van der Waals surface area contributed by atoms with Gasteiger partial charge < -0.3 is 15.2 Å². The number of nitrogens with one attached hydrogen (secondary N) is 1. The third kappa shape index (κ3) is 4.22. The predicted octanol–water partition coefficient (Wildman–Crippen LogP) is 3.01. The van der Waals surface area contributed by atoms with E-state index in [1.165, 1.54) is 18.2 Å². The highest BCUT2D eigenvalue weighted by Crippen LogP contribution is 2.18. The van der Waals surface area contributed by atoms with E-state index in [0.29, 0.717) is 17.7 Å². The van der Waals surface area contributed by atoms with E-state index >= 15 is 0 Å². The van der Waals surface area contributed by atoms with E-state index in [9.17, 15) is 14.3 Å². The Hall–Kier alpha value is -2.56. The van der Waals surface area contributed by atoms with Crippen LogP contribution in [0.5, 0.6) is 11.5 Å². The van der Waals surface area contributed by atoms with Gasteiger partial charge in [-0.2, -0.15) is 0 Å². The van der Waals surface area contributed by atoms with Gasteiger partial charge in [0.05, 0.1) is 0 Å². The molecular formula is C17H18FNO3. The van der Waals surface area contributed by atoms with Gasteiger partial charge in [-0.15, -0.1) is 0 Å². The second kappa shape index (κ2) is 7.45. The van der Waals surface area contributed by atoms with Crippen molar-refractivity contribution in [3.05, 3.63) is 59.9 Å². The van der Waals surface area contributed by atoms with Crippen LogP contribution in [-0.4, -0.2) is 17.1 Å². The normalized spacial score (nSPS) is 11.7. The van der Waals surface area contributed by atoms with E-state index in [4.69, 9.17) is 4.74 Å². The van der Waals surface area contributed by atoms with Crippen molar-refractivity contribution in [3.8, 4) is 11.5 Å². The number of benzene rings is 2. The molecule has 0 aliphatic carbocycles. The van der Waals surface area contributed by atoms with E-state index in [0.717, 1.165) is 0 Å². The van der Waals surface area contributed by atoms with E-state index < -0.39 is 6.10 Å². The number of halogens is 1. The summed E-state index contributed by atoms with van der Waals surface area (Å²) < 4.78 is 19.1. The van der Waals surface area contributed by atoms with E-state index in [1.807, 2.05) is 6.92 Å². The van der Waals surface area contributed by atoms with Crippen LogP contribution in [0.1, 0.15) is 18.9 Å². The molecule has 1 amide bonds. The summed E-state index contributed by atoms with van der Waals surface area (Å²) in [5.41, 5.74) is 0.426. The lowest BCUT2D eigenvalue weighted by Crippen LogP contribution is -2.37. The van der Waals surface area contributed by atoms with Crippen LogP contribution in [0.3, 0.4) is 0 Å². The van der Waals surface area contributed by atoms with Crippen molar-refractivity contribution in [3.63, 3.8) is 0 Å². The number of rotatable bonds is 6. The summed E-state index contributed by atoms with van der Waals surface area (Å²) in [6.07, 6.45) is -0.194. The van der Waals surface area contributed by atoms with Crippen molar-refractivity contribution in [2.75, 3.05) is 0 Å². The Morgan fingerprint density at radius 1 is 1.23 bits per heavy atom. The standard InChI is InChI=1S/C17H18FNO3/c1-2-16(22-14-9-7-13(20)8-10-14)17(21)19-11-12-5-3-4-6-15(12)18/h3-10,16,20H,2,11H2,1H3,(H,19,21). The van der Waals surface area contributed by atoms with E-state index in [1.54, 1.807) is 30.3 Å². The lowest BCUT2D eigenvalue weighted by Gasteiger charge is -2.17. The molecule has 0 saturated carbocycles. The minimum Gasteiger partial charge on any atom is -0.508 e. The van der Waals surface area contributed by atoms with Crippen LogP contribution in [0.25, 0.3) is 0 Å². The summed E-state index contributed by atoms with van der Waals surface area (Å²) in [6.45, 7) is 1.94. The lowest BCUT2D eigenvalue weighted by atomic mass is 10.2. The predicted molar refractivity (Wildman–Crippen MR) is 81.1 cm³/mol. The van der Waals surface area contributed by atoms with Crippen LogP contribution in [-0.2, 0) is 11.3 Å². The zero-order chi connectivity index (χ0) is 15.9. The van der Waals surface area contributed by atoms with Crippen LogP contribution >= 0.6 is 0 Å². The zero-order valence-electron chi connectivity index (χ0n) is 12.3. The molecule has 0 saturated heterocycles. The molecule has 4 nitrogen and oxygen atoms in total. The molecule has 0 aliphatic heterocycles. The first-order chi connectivity index (χ1) is 10.6. The minimum atomic E-state index is -0.670. The molecule has 2 aromatic rings. The molecule has 2 aromatic carbocycles. The molecule has 2 N–H and O–H groups in total. The third-order valence-corrected chi connectivity index (χ3v) is 3.19. The van der Waals surface area contributed by atoms with Crippen molar-refractivity contribution < 1.29 is 19.0 Å². The number of hydrogen-bond donors (Lipinski definition) is 2. The van der Waals surface area contributed by atoms with Crippen molar-refractivity contribution in [1.29, 1.82) is 0 Å². The number of amides is 1. The average molecular weight is 303 g/mol. The maximum absolute atomic E-state index is 13.5. The number of carbonyl (C=O) groups is 1. The highest BCUT2D eigenvalue weighted by atomic mass is 19.1. The Morgan fingerprint density at radius 2 is 1.91 bits per heavy atom. The molecule has 5 heteroatoms. The number of phenols is 1. The van der Waals surface area contributed by atoms with Crippen LogP contribution in [0, 0.1) is 5.82 Å². The van der Waals surface area contributed by atoms with Gasteiger partial charge in [0.2, 0.25) is 0 Å². The summed E-state index contributed by atoms with van der Waals surface area (Å²) >= 11 is 0. The third-order valence-electron chi connectivity index (χ3n) is 3.19. The van der Waals surface area contributed by atoms with Crippen LogP contribution in [0.4, 0.5) is 4.39 Å². The summed E-state index contributed by atoms with van der Waals surface area (Å²) in [7, 11) is 0. The molecule has 0 heterocycles. The Bertz CT molecular complexity index is 628. The molecule has 22 heavy (non-hydrogen) atoms. The molecule has 0 aliphatic rings. The topological polar surface area (TPSA) is 58.6 Å². The monoisotopic (exact) mass is 303 g/mol. The number of aromatic hydroxyl groups is 1. The Kier molecular flexibility index (Phi) is 5.36. The van der Waals surface area contributed by atoms with Gasteiger partial charge >= 0.3 is 0 Å². The van der Waals surface area contributed by atoms with Crippen molar-refractivity contribution in [1.82, 2.24) is 5.32 Å². The van der Waals surface area contributed by atoms with E-state index in [-0.39, 0.29) is 24.0 Å². The first kappa shape index (κ1) is 15.8. The molecule has 0 fully saturated rings. The maximum Gasteiger partial charge on any atom is 0.261 e. The molecule has 1 atom stereocenters. The summed E-state index contributed by atoms with van der Waals surface area (Å²) in [6, 6.07) is 12.4. The minimum absolute atomic E-state index is 0.112.